The van der Waals surface area contributed by atoms with Crippen molar-refractivity contribution in [3.8, 4) is 11.3 Å². The van der Waals surface area contributed by atoms with E-state index in [1.807, 2.05) is 5.38 Å². The van der Waals surface area contributed by atoms with Gasteiger partial charge in [-0.3, -0.25) is 4.79 Å². The average molecular weight is 325 g/mol. The molecule has 0 aliphatic rings. The van der Waals surface area contributed by atoms with Crippen molar-refractivity contribution < 1.29 is 9.18 Å². The van der Waals surface area contributed by atoms with Crippen molar-refractivity contribution >= 4 is 29.1 Å². The molecule has 6 heteroatoms. The molecule has 23 heavy (non-hydrogen) atoms. The number of carbonyl (C=O) groups is 1. The maximum Gasteiger partial charge on any atom is 0.249 e. The predicted molar refractivity (Wildman–Crippen MR) is 89.4 cm³/mol. The normalized spacial score (nSPS) is 10.8. The lowest BCUT2D eigenvalue weighted by Crippen LogP contribution is -2.08. The molecule has 114 valence electrons. The third-order valence-electron chi connectivity index (χ3n) is 2.96. The number of carbonyl (C=O) groups excluding carboxylic acids is 1. The zero-order valence-corrected chi connectivity index (χ0v) is 12.8. The summed E-state index contributed by atoms with van der Waals surface area (Å²) in [6.45, 7) is 0. The van der Waals surface area contributed by atoms with Gasteiger partial charge in [0.1, 0.15) is 16.6 Å². The summed E-state index contributed by atoms with van der Waals surface area (Å²) in [6, 6.07) is 11.4. The summed E-state index contributed by atoms with van der Waals surface area (Å²) in [6.07, 6.45) is 4.65. The van der Waals surface area contributed by atoms with Gasteiger partial charge in [0.15, 0.2) is 0 Å². The van der Waals surface area contributed by atoms with Crippen LogP contribution in [0.25, 0.3) is 17.3 Å². The van der Waals surface area contributed by atoms with Gasteiger partial charge in [0.05, 0.1) is 5.69 Å². The van der Waals surface area contributed by atoms with Crippen LogP contribution in [0.3, 0.4) is 0 Å². The number of hydrogen-bond donors (Lipinski definition) is 1. The number of nitrogens with zero attached hydrogens (tertiary/aromatic N) is 2. The Hall–Kier alpha value is -2.86. The third kappa shape index (κ3) is 4.08. The summed E-state index contributed by atoms with van der Waals surface area (Å²) in [5.41, 5.74) is 1.58. The molecule has 0 aliphatic carbocycles. The van der Waals surface area contributed by atoms with Crippen molar-refractivity contribution in [1.29, 1.82) is 0 Å². The van der Waals surface area contributed by atoms with Crippen molar-refractivity contribution in [1.82, 2.24) is 9.97 Å². The van der Waals surface area contributed by atoms with Gasteiger partial charge in [-0.05, 0) is 42.5 Å². The van der Waals surface area contributed by atoms with Gasteiger partial charge in [0.2, 0.25) is 5.91 Å². The number of anilines is 1. The minimum atomic E-state index is -0.282. The molecule has 0 saturated carbocycles. The molecule has 0 unspecified atom stereocenters. The number of nitrogens with one attached hydrogen (secondary N) is 1. The Morgan fingerprint density at radius 2 is 2.00 bits per heavy atom. The average Bonchev–Trinajstić information content (AvgIpc) is 3.04. The Balaban J connectivity index is 1.66. The van der Waals surface area contributed by atoms with Gasteiger partial charge in [-0.15, -0.1) is 11.3 Å². The number of hydrogen-bond acceptors (Lipinski definition) is 4. The number of rotatable bonds is 4. The second kappa shape index (κ2) is 6.93. The molecule has 2 heterocycles. The van der Waals surface area contributed by atoms with Gasteiger partial charge in [-0.1, -0.05) is 6.07 Å². The summed E-state index contributed by atoms with van der Waals surface area (Å²) in [7, 11) is 0. The highest BCUT2D eigenvalue weighted by Gasteiger charge is 2.04. The number of amides is 1. The molecule has 0 saturated heterocycles. The summed E-state index contributed by atoms with van der Waals surface area (Å²) < 4.78 is 12.9. The van der Waals surface area contributed by atoms with Crippen LogP contribution in [0, 0.1) is 5.82 Å². The number of halogens is 1. The van der Waals surface area contributed by atoms with Gasteiger partial charge < -0.3 is 5.32 Å². The van der Waals surface area contributed by atoms with Gasteiger partial charge in [-0.2, -0.15) is 0 Å². The SMILES string of the molecule is O=C(/C=C/c1nc(-c2ccc(F)cc2)cs1)Nc1ccccn1. The third-order valence-corrected chi connectivity index (χ3v) is 3.77. The monoisotopic (exact) mass is 325 g/mol. The summed E-state index contributed by atoms with van der Waals surface area (Å²) in [4.78, 5) is 20.2. The highest BCUT2D eigenvalue weighted by molar-refractivity contribution is 7.10. The van der Waals surface area contributed by atoms with Gasteiger partial charge in [0, 0.05) is 23.2 Å². The van der Waals surface area contributed by atoms with Crippen molar-refractivity contribution in [3.05, 3.63) is 70.9 Å². The lowest BCUT2D eigenvalue weighted by Gasteiger charge is -1.98. The summed E-state index contributed by atoms with van der Waals surface area (Å²) >= 11 is 1.41. The lowest BCUT2D eigenvalue weighted by molar-refractivity contribution is -0.111. The Morgan fingerprint density at radius 1 is 1.17 bits per heavy atom. The van der Waals surface area contributed by atoms with Crippen LogP contribution < -0.4 is 5.32 Å². The number of thiazole rings is 1. The molecular weight excluding hydrogens is 313 g/mol. The van der Waals surface area contributed by atoms with E-state index in [4.69, 9.17) is 0 Å². The molecule has 0 bridgehead atoms. The quantitative estimate of drug-likeness (QED) is 0.738. The molecule has 1 amide bonds. The predicted octanol–water partition coefficient (Wildman–Crippen LogP) is 4.00. The first-order valence-corrected chi connectivity index (χ1v) is 7.70. The highest BCUT2D eigenvalue weighted by atomic mass is 32.1. The molecule has 3 rings (SSSR count). The minimum absolute atomic E-state index is 0.276. The molecule has 1 aromatic carbocycles. The van der Waals surface area contributed by atoms with Crippen LogP contribution in [-0.2, 0) is 4.79 Å². The maximum atomic E-state index is 12.9. The number of benzene rings is 1. The number of pyridine rings is 1. The van der Waals surface area contributed by atoms with Crippen LogP contribution >= 0.6 is 11.3 Å². The molecular formula is C17H12FN3OS. The fourth-order valence-electron chi connectivity index (χ4n) is 1.87. The van der Waals surface area contributed by atoms with Gasteiger partial charge in [-0.25, -0.2) is 14.4 Å². The van der Waals surface area contributed by atoms with E-state index in [2.05, 4.69) is 15.3 Å². The molecule has 0 aliphatic heterocycles. The highest BCUT2D eigenvalue weighted by Crippen LogP contribution is 2.22. The van der Waals surface area contributed by atoms with E-state index < -0.39 is 0 Å². The first-order valence-electron chi connectivity index (χ1n) is 6.82. The van der Waals surface area contributed by atoms with Crippen molar-refractivity contribution in [2.45, 2.75) is 0 Å². The molecule has 0 spiro atoms. The molecule has 0 atom stereocenters. The molecule has 0 radical (unpaired) electrons. The molecule has 0 fully saturated rings. The minimum Gasteiger partial charge on any atom is -0.307 e. The first-order chi connectivity index (χ1) is 11.2. The second-order valence-electron chi connectivity index (χ2n) is 4.62. The smallest absolute Gasteiger partial charge is 0.249 e. The topological polar surface area (TPSA) is 54.9 Å². The first kappa shape index (κ1) is 15.1. The Labute approximate surface area is 136 Å². The maximum absolute atomic E-state index is 12.9. The molecule has 4 nitrogen and oxygen atoms in total. The van der Waals surface area contributed by atoms with Crippen molar-refractivity contribution in [2.24, 2.45) is 0 Å². The van der Waals surface area contributed by atoms with Crippen LogP contribution in [0.5, 0.6) is 0 Å². The lowest BCUT2D eigenvalue weighted by atomic mass is 10.2. The Morgan fingerprint density at radius 3 is 2.74 bits per heavy atom. The van der Waals surface area contributed by atoms with E-state index in [-0.39, 0.29) is 11.7 Å². The van der Waals surface area contributed by atoms with E-state index >= 15 is 0 Å². The molecule has 1 N–H and O–H groups in total. The molecule has 2 aromatic heterocycles. The van der Waals surface area contributed by atoms with Crippen molar-refractivity contribution in [3.63, 3.8) is 0 Å². The van der Waals surface area contributed by atoms with Crippen LogP contribution in [-0.4, -0.2) is 15.9 Å². The van der Waals surface area contributed by atoms with Gasteiger partial charge >= 0.3 is 0 Å². The van der Waals surface area contributed by atoms with Crippen molar-refractivity contribution in [2.75, 3.05) is 5.32 Å². The van der Waals surface area contributed by atoms with Crippen LogP contribution in [0.15, 0.2) is 60.1 Å². The summed E-state index contributed by atoms with van der Waals surface area (Å²) in [5, 5.41) is 5.21. The van der Waals surface area contributed by atoms with E-state index in [9.17, 15) is 9.18 Å². The second-order valence-corrected chi connectivity index (χ2v) is 5.51. The molecule has 3 aromatic rings. The van der Waals surface area contributed by atoms with Crippen LogP contribution in [0.2, 0.25) is 0 Å². The zero-order valence-electron chi connectivity index (χ0n) is 11.9. The standard InChI is InChI=1S/C17H12FN3OS/c18-13-6-4-12(5-7-13)14-11-23-17(20-14)9-8-16(22)21-15-3-1-2-10-19-15/h1-11H,(H,19,21,22)/b9-8+. The fourth-order valence-corrected chi connectivity index (χ4v) is 2.59. The van der Waals surface area contributed by atoms with E-state index in [1.165, 1.54) is 29.5 Å². The largest absolute Gasteiger partial charge is 0.307 e. The van der Waals surface area contributed by atoms with Crippen LogP contribution in [0.4, 0.5) is 10.2 Å². The van der Waals surface area contributed by atoms with Crippen LogP contribution in [0.1, 0.15) is 5.01 Å². The Kier molecular flexibility index (Phi) is 4.54. The van der Waals surface area contributed by atoms with E-state index in [0.717, 1.165) is 11.3 Å². The Bertz CT molecular complexity index is 829. The fraction of sp³-hybridized carbons (Fsp3) is 0. The summed E-state index contributed by atoms with van der Waals surface area (Å²) in [5.74, 6) is -0.0641. The van der Waals surface area contributed by atoms with E-state index in [0.29, 0.717) is 10.8 Å². The van der Waals surface area contributed by atoms with E-state index in [1.54, 1.807) is 42.6 Å². The zero-order chi connectivity index (χ0) is 16.1. The van der Waals surface area contributed by atoms with Gasteiger partial charge in [0.25, 0.3) is 0 Å². The number of aromatic nitrogens is 2.